The van der Waals surface area contributed by atoms with Crippen LogP contribution in [0.2, 0.25) is 0 Å². The van der Waals surface area contributed by atoms with Gasteiger partial charge in [0, 0.05) is 11.6 Å². The minimum Gasteiger partial charge on any atom is -0.317 e. The van der Waals surface area contributed by atoms with Crippen molar-refractivity contribution in [2.75, 3.05) is 13.1 Å². The highest BCUT2D eigenvalue weighted by Gasteiger charge is 2.17. The molecule has 3 heteroatoms. The van der Waals surface area contributed by atoms with Crippen molar-refractivity contribution in [3.05, 3.63) is 17.5 Å². The molecular formula is C10H17N3. The summed E-state index contributed by atoms with van der Waals surface area (Å²) in [5.74, 6) is 0.679. The van der Waals surface area contributed by atoms with Crippen molar-refractivity contribution >= 4 is 0 Å². The number of piperidine rings is 1. The van der Waals surface area contributed by atoms with E-state index in [1.165, 1.54) is 24.2 Å². The van der Waals surface area contributed by atoms with E-state index in [-0.39, 0.29) is 0 Å². The van der Waals surface area contributed by atoms with Crippen LogP contribution in [0.5, 0.6) is 0 Å². The van der Waals surface area contributed by atoms with E-state index in [1.54, 1.807) is 0 Å². The zero-order chi connectivity index (χ0) is 9.10. The summed E-state index contributed by atoms with van der Waals surface area (Å²) in [5.41, 5.74) is 2.52. The first-order chi connectivity index (χ1) is 6.40. The summed E-state index contributed by atoms with van der Waals surface area (Å²) in [4.78, 5) is 0. The van der Waals surface area contributed by atoms with Crippen molar-refractivity contribution in [2.45, 2.75) is 32.1 Å². The summed E-state index contributed by atoms with van der Waals surface area (Å²) < 4.78 is 0. The largest absolute Gasteiger partial charge is 0.317 e. The Balaban J connectivity index is 2.05. The fourth-order valence-electron chi connectivity index (χ4n) is 1.89. The van der Waals surface area contributed by atoms with Crippen LogP contribution in [0.25, 0.3) is 0 Å². The molecule has 13 heavy (non-hydrogen) atoms. The lowest BCUT2D eigenvalue weighted by Gasteiger charge is -2.20. The van der Waals surface area contributed by atoms with E-state index in [0.29, 0.717) is 5.92 Å². The van der Waals surface area contributed by atoms with Crippen molar-refractivity contribution in [2.24, 2.45) is 0 Å². The molecule has 2 N–H and O–H groups in total. The second-order valence-corrected chi connectivity index (χ2v) is 3.70. The number of hydrogen-bond acceptors (Lipinski definition) is 2. The van der Waals surface area contributed by atoms with E-state index in [4.69, 9.17) is 0 Å². The summed E-state index contributed by atoms with van der Waals surface area (Å²) in [5, 5.41) is 10.8. The zero-order valence-corrected chi connectivity index (χ0v) is 8.14. The first-order valence-electron chi connectivity index (χ1n) is 5.15. The maximum atomic E-state index is 4.36. The molecule has 0 aliphatic carbocycles. The summed E-state index contributed by atoms with van der Waals surface area (Å²) in [7, 11) is 0. The Hall–Kier alpha value is -0.830. The molecule has 1 aromatic rings. The molecule has 2 heterocycles. The Bertz CT molecular complexity index is 261. The molecule has 1 fully saturated rings. The summed E-state index contributed by atoms with van der Waals surface area (Å²) in [6.07, 6.45) is 3.51. The number of nitrogens with one attached hydrogen (secondary N) is 2. The topological polar surface area (TPSA) is 40.7 Å². The predicted octanol–water partition coefficient (Wildman–Crippen LogP) is 1.44. The second-order valence-electron chi connectivity index (χ2n) is 3.70. The normalized spacial score (nSPS) is 19.2. The van der Waals surface area contributed by atoms with E-state index in [2.05, 4.69) is 28.5 Å². The Labute approximate surface area is 78.9 Å². The monoisotopic (exact) mass is 179 g/mol. The fraction of sp³-hybridized carbons (Fsp3) is 0.700. The lowest BCUT2D eigenvalue weighted by atomic mass is 9.94. The highest BCUT2D eigenvalue weighted by atomic mass is 15.1. The highest BCUT2D eigenvalue weighted by molar-refractivity contribution is 5.13. The minimum atomic E-state index is 0.679. The molecule has 1 saturated heterocycles. The van der Waals surface area contributed by atoms with Crippen LogP contribution in [0.3, 0.4) is 0 Å². The molecule has 0 saturated carbocycles. The molecule has 0 atom stereocenters. The molecule has 72 valence electrons. The van der Waals surface area contributed by atoms with Crippen LogP contribution in [0.4, 0.5) is 0 Å². The number of H-pyrrole nitrogens is 1. The summed E-state index contributed by atoms with van der Waals surface area (Å²) >= 11 is 0. The van der Waals surface area contributed by atoms with Gasteiger partial charge in [0.05, 0.1) is 5.69 Å². The van der Waals surface area contributed by atoms with Gasteiger partial charge in [-0.05, 0) is 38.4 Å². The van der Waals surface area contributed by atoms with E-state index in [9.17, 15) is 0 Å². The Kier molecular flexibility index (Phi) is 2.64. The van der Waals surface area contributed by atoms with Gasteiger partial charge in [-0.15, -0.1) is 0 Å². The van der Waals surface area contributed by atoms with Gasteiger partial charge < -0.3 is 5.32 Å². The Morgan fingerprint density at radius 1 is 1.46 bits per heavy atom. The SMILES string of the molecule is CCc1cc(C2CCNCC2)n[nH]1. The molecule has 0 amide bonds. The maximum absolute atomic E-state index is 4.36. The molecule has 0 aromatic carbocycles. The van der Waals surface area contributed by atoms with Crippen LogP contribution in [0.15, 0.2) is 6.07 Å². The molecule has 1 aromatic heterocycles. The van der Waals surface area contributed by atoms with Crippen molar-refractivity contribution in [1.82, 2.24) is 15.5 Å². The lowest BCUT2D eigenvalue weighted by Crippen LogP contribution is -2.26. The van der Waals surface area contributed by atoms with Crippen molar-refractivity contribution in [3.8, 4) is 0 Å². The Morgan fingerprint density at radius 2 is 2.23 bits per heavy atom. The molecule has 0 spiro atoms. The fourth-order valence-corrected chi connectivity index (χ4v) is 1.89. The smallest absolute Gasteiger partial charge is 0.0656 e. The Morgan fingerprint density at radius 3 is 2.85 bits per heavy atom. The molecule has 0 bridgehead atoms. The van der Waals surface area contributed by atoms with Gasteiger partial charge in [0.1, 0.15) is 0 Å². The third-order valence-corrected chi connectivity index (χ3v) is 2.79. The first-order valence-corrected chi connectivity index (χ1v) is 5.15. The van der Waals surface area contributed by atoms with Crippen molar-refractivity contribution in [1.29, 1.82) is 0 Å². The number of aromatic amines is 1. The number of aromatic nitrogens is 2. The van der Waals surface area contributed by atoms with Crippen LogP contribution in [-0.4, -0.2) is 23.3 Å². The lowest BCUT2D eigenvalue weighted by molar-refractivity contribution is 0.453. The number of aryl methyl sites for hydroxylation is 1. The van der Waals surface area contributed by atoms with Crippen molar-refractivity contribution < 1.29 is 0 Å². The number of rotatable bonds is 2. The molecule has 1 aliphatic heterocycles. The van der Waals surface area contributed by atoms with Gasteiger partial charge >= 0.3 is 0 Å². The molecule has 1 aliphatic rings. The second kappa shape index (κ2) is 3.92. The van der Waals surface area contributed by atoms with E-state index >= 15 is 0 Å². The van der Waals surface area contributed by atoms with Gasteiger partial charge in [-0.25, -0.2) is 0 Å². The predicted molar refractivity (Wildman–Crippen MR) is 52.8 cm³/mol. The standard InChI is InChI=1S/C10H17N3/c1-2-9-7-10(13-12-9)8-3-5-11-6-4-8/h7-8,11H,2-6H2,1H3,(H,12,13). The quantitative estimate of drug-likeness (QED) is 0.721. The number of hydrogen-bond donors (Lipinski definition) is 2. The average Bonchev–Trinajstić information content (AvgIpc) is 2.67. The molecular weight excluding hydrogens is 162 g/mol. The first kappa shape index (κ1) is 8.75. The van der Waals surface area contributed by atoms with Crippen LogP contribution >= 0.6 is 0 Å². The minimum absolute atomic E-state index is 0.679. The van der Waals surface area contributed by atoms with Gasteiger partial charge in [-0.3, -0.25) is 5.10 Å². The van der Waals surface area contributed by atoms with Gasteiger partial charge in [-0.2, -0.15) is 5.10 Å². The van der Waals surface area contributed by atoms with Crippen LogP contribution in [-0.2, 0) is 6.42 Å². The maximum Gasteiger partial charge on any atom is 0.0656 e. The summed E-state index contributed by atoms with van der Waals surface area (Å²) in [6, 6.07) is 2.22. The van der Waals surface area contributed by atoms with Crippen LogP contribution < -0.4 is 5.32 Å². The van der Waals surface area contributed by atoms with Gasteiger partial charge in [0.2, 0.25) is 0 Å². The zero-order valence-electron chi connectivity index (χ0n) is 8.14. The van der Waals surface area contributed by atoms with E-state index in [1.807, 2.05) is 0 Å². The highest BCUT2D eigenvalue weighted by Crippen LogP contribution is 2.23. The summed E-state index contributed by atoms with van der Waals surface area (Å²) in [6.45, 7) is 4.43. The van der Waals surface area contributed by atoms with Crippen LogP contribution in [0, 0.1) is 0 Å². The molecule has 0 unspecified atom stereocenters. The third kappa shape index (κ3) is 1.91. The van der Waals surface area contributed by atoms with Gasteiger partial charge in [0.25, 0.3) is 0 Å². The third-order valence-electron chi connectivity index (χ3n) is 2.79. The number of nitrogens with zero attached hydrogens (tertiary/aromatic N) is 1. The van der Waals surface area contributed by atoms with E-state index < -0.39 is 0 Å². The van der Waals surface area contributed by atoms with Crippen molar-refractivity contribution in [3.63, 3.8) is 0 Å². The molecule has 0 radical (unpaired) electrons. The van der Waals surface area contributed by atoms with Gasteiger partial charge in [0.15, 0.2) is 0 Å². The average molecular weight is 179 g/mol. The molecule has 2 rings (SSSR count). The van der Waals surface area contributed by atoms with E-state index in [0.717, 1.165) is 19.5 Å². The van der Waals surface area contributed by atoms with Gasteiger partial charge in [-0.1, -0.05) is 6.92 Å². The van der Waals surface area contributed by atoms with Crippen LogP contribution in [0.1, 0.15) is 37.1 Å². The molecule has 3 nitrogen and oxygen atoms in total.